The van der Waals surface area contributed by atoms with Crippen molar-refractivity contribution in [3.63, 3.8) is 0 Å². The van der Waals surface area contributed by atoms with E-state index in [1.165, 1.54) is 18.0 Å². The van der Waals surface area contributed by atoms with Crippen LogP contribution in [0.3, 0.4) is 0 Å². The van der Waals surface area contributed by atoms with E-state index in [9.17, 15) is 10.1 Å². The van der Waals surface area contributed by atoms with Gasteiger partial charge in [0.2, 0.25) is 0 Å². The zero-order valence-corrected chi connectivity index (χ0v) is 10.1. The normalized spacial score (nSPS) is 10.6. The minimum Gasteiger partial charge on any atom is -0.258 e. The predicted octanol–water partition coefficient (Wildman–Crippen LogP) is 2.93. The molecule has 1 aromatic rings. The number of hydrogen-bond donors (Lipinski definition) is 0. The molecule has 0 radical (unpaired) electrons. The fourth-order valence-corrected chi connectivity index (χ4v) is 2.06. The van der Waals surface area contributed by atoms with Gasteiger partial charge >= 0.3 is 0 Å². The molecule has 0 saturated heterocycles. The van der Waals surface area contributed by atoms with Crippen LogP contribution in [0.5, 0.6) is 0 Å². The summed E-state index contributed by atoms with van der Waals surface area (Å²) in [6.07, 6.45) is 0. The van der Waals surface area contributed by atoms with Gasteiger partial charge in [-0.3, -0.25) is 14.4 Å². The summed E-state index contributed by atoms with van der Waals surface area (Å²) in [4.78, 5) is 11.0. The van der Waals surface area contributed by atoms with E-state index in [1.54, 1.807) is 12.1 Å². The smallest absolute Gasteiger partial charge is 0.258 e. The average molecular weight is 277 g/mol. The molecule has 0 spiro atoms. The Balaban J connectivity index is 3.02. The van der Waals surface area contributed by atoms with E-state index in [0.717, 1.165) is 9.37 Å². The van der Waals surface area contributed by atoms with E-state index in [1.807, 2.05) is 18.4 Å². The standard InChI is InChI=1S/C8H9BrN2O2S/c1-10(2)14-8-5-6(11(12)13)3-4-7(8)9/h3-5H,1-2H3. The lowest BCUT2D eigenvalue weighted by Crippen LogP contribution is -1.99. The van der Waals surface area contributed by atoms with E-state index in [-0.39, 0.29) is 5.69 Å². The zero-order valence-electron chi connectivity index (χ0n) is 7.73. The van der Waals surface area contributed by atoms with Crippen LogP contribution in [0.15, 0.2) is 27.6 Å². The van der Waals surface area contributed by atoms with Crippen LogP contribution in [-0.2, 0) is 0 Å². The maximum atomic E-state index is 10.5. The van der Waals surface area contributed by atoms with E-state index in [2.05, 4.69) is 15.9 Å². The quantitative estimate of drug-likeness (QED) is 0.484. The summed E-state index contributed by atoms with van der Waals surface area (Å²) in [5.41, 5.74) is 0.109. The Kier molecular flexibility index (Phi) is 3.91. The third-order valence-corrected chi connectivity index (χ3v) is 3.26. The topological polar surface area (TPSA) is 46.4 Å². The van der Waals surface area contributed by atoms with Crippen molar-refractivity contribution >= 4 is 33.6 Å². The van der Waals surface area contributed by atoms with Crippen molar-refractivity contribution in [2.75, 3.05) is 14.1 Å². The van der Waals surface area contributed by atoms with Gasteiger partial charge < -0.3 is 0 Å². The highest BCUT2D eigenvalue weighted by molar-refractivity contribution is 9.10. The summed E-state index contributed by atoms with van der Waals surface area (Å²) < 4.78 is 2.74. The highest BCUT2D eigenvalue weighted by Gasteiger charge is 2.10. The molecule has 4 nitrogen and oxygen atoms in total. The molecule has 0 fully saturated rings. The largest absolute Gasteiger partial charge is 0.270 e. The van der Waals surface area contributed by atoms with Gasteiger partial charge in [-0.2, -0.15) is 0 Å². The summed E-state index contributed by atoms with van der Waals surface area (Å²) in [5, 5.41) is 10.5. The van der Waals surface area contributed by atoms with Crippen LogP contribution in [0.1, 0.15) is 0 Å². The molecular formula is C8H9BrN2O2S. The van der Waals surface area contributed by atoms with E-state index >= 15 is 0 Å². The molecule has 0 unspecified atom stereocenters. The van der Waals surface area contributed by atoms with Gasteiger partial charge in [-0.1, -0.05) is 0 Å². The summed E-state index contributed by atoms with van der Waals surface area (Å²) in [5.74, 6) is 0. The molecule has 0 amide bonds. The van der Waals surface area contributed by atoms with Gasteiger partial charge in [0, 0.05) is 21.5 Å². The summed E-state index contributed by atoms with van der Waals surface area (Å²) in [6.45, 7) is 0. The highest BCUT2D eigenvalue weighted by atomic mass is 79.9. The number of halogens is 1. The molecule has 1 aromatic carbocycles. The predicted molar refractivity (Wildman–Crippen MR) is 60.3 cm³/mol. The van der Waals surface area contributed by atoms with Crippen LogP contribution >= 0.6 is 27.9 Å². The minimum atomic E-state index is -0.397. The fraction of sp³-hybridized carbons (Fsp3) is 0.250. The lowest BCUT2D eigenvalue weighted by Gasteiger charge is -2.09. The number of nitro benzene ring substituents is 1. The van der Waals surface area contributed by atoms with Crippen molar-refractivity contribution in [2.24, 2.45) is 0 Å². The van der Waals surface area contributed by atoms with Crippen molar-refractivity contribution in [2.45, 2.75) is 4.90 Å². The van der Waals surface area contributed by atoms with Crippen molar-refractivity contribution in [3.05, 3.63) is 32.8 Å². The van der Waals surface area contributed by atoms with Gasteiger partial charge in [0.15, 0.2) is 0 Å². The second kappa shape index (κ2) is 4.77. The minimum absolute atomic E-state index is 0.109. The third-order valence-electron chi connectivity index (χ3n) is 1.41. The van der Waals surface area contributed by atoms with E-state index in [4.69, 9.17) is 0 Å². The molecule has 0 saturated carbocycles. The molecule has 6 heteroatoms. The first kappa shape index (κ1) is 11.5. The Hall–Kier alpha value is -0.590. The van der Waals surface area contributed by atoms with Crippen molar-refractivity contribution in [1.29, 1.82) is 0 Å². The maximum Gasteiger partial charge on any atom is 0.270 e. The number of benzene rings is 1. The van der Waals surface area contributed by atoms with Crippen LogP contribution < -0.4 is 0 Å². The monoisotopic (exact) mass is 276 g/mol. The van der Waals surface area contributed by atoms with Gasteiger partial charge in [-0.05, 0) is 48.0 Å². The highest BCUT2D eigenvalue weighted by Crippen LogP contribution is 2.31. The van der Waals surface area contributed by atoms with E-state index < -0.39 is 4.92 Å². The van der Waals surface area contributed by atoms with E-state index in [0.29, 0.717) is 0 Å². The third kappa shape index (κ3) is 2.97. The molecule has 0 aliphatic heterocycles. The Morgan fingerprint density at radius 1 is 1.50 bits per heavy atom. The Morgan fingerprint density at radius 3 is 2.64 bits per heavy atom. The SMILES string of the molecule is CN(C)Sc1cc([N+](=O)[O-])ccc1Br. The second-order valence-corrected chi connectivity index (χ2v) is 4.98. The molecule has 0 aliphatic rings. The van der Waals surface area contributed by atoms with Crippen LogP contribution in [0, 0.1) is 10.1 Å². The molecular weight excluding hydrogens is 268 g/mol. The molecule has 1 rings (SSSR count). The van der Waals surface area contributed by atoms with Crippen molar-refractivity contribution in [3.8, 4) is 0 Å². The summed E-state index contributed by atoms with van der Waals surface area (Å²) in [7, 11) is 3.77. The maximum absolute atomic E-state index is 10.5. The number of nitro groups is 1. The molecule has 0 aliphatic carbocycles. The molecule has 0 heterocycles. The summed E-state index contributed by atoms with van der Waals surface area (Å²) in [6, 6.07) is 4.71. The first-order chi connectivity index (χ1) is 6.50. The van der Waals surface area contributed by atoms with Gasteiger partial charge in [0.1, 0.15) is 0 Å². The van der Waals surface area contributed by atoms with Crippen molar-refractivity contribution in [1.82, 2.24) is 4.31 Å². The molecule has 0 bridgehead atoms. The van der Waals surface area contributed by atoms with Crippen molar-refractivity contribution < 1.29 is 4.92 Å². The number of nitrogens with zero attached hydrogens (tertiary/aromatic N) is 2. The van der Waals surface area contributed by atoms with Gasteiger partial charge in [0.25, 0.3) is 5.69 Å². The summed E-state index contributed by atoms with van der Waals surface area (Å²) >= 11 is 4.78. The van der Waals surface area contributed by atoms with Gasteiger partial charge in [0.05, 0.1) is 4.92 Å². The number of hydrogen-bond acceptors (Lipinski definition) is 4. The average Bonchev–Trinajstić information content (AvgIpc) is 2.07. The van der Waals surface area contributed by atoms with Crippen LogP contribution in [0.2, 0.25) is 0 Å². The van der Waals surface area contributed by atoms with Gasteiger partial charge in [-0.15, -0.1) is 0 Å². The second-order valence-electron chi connectivity index (χ2n) is 2.78. The van der Waals surface area contributed by atoms with Crippen LogP contribution in [0.4, 0.5) is 5.69 Å². The molecule has 76 valence electrons. The first-order valence-electron chi connectivity index (χ1n) is 3.80. The lowest BCUT2D eigenvalue weighted by atomic mass is 10.3. The Bertz CT molecular complexity index is 357. The first-order valence-corrected chi connectivity index (χ1v) is 5.36. The Morgan fingerprint density at radius 2 is 2.14 bits per heavy atom. The lowest BCUT2D eigenvalue weighted by molar-refractivity contribution is -0.385. The zero-order chi connectivity index (χ0) is 10.7. The Labute approximate surface area is 94.7 Å². The van der Waals surface area contributed by atoms with Gasteiger partial charge in [-0.25, -0.2) is 0 Å². The van der Waals surface area contributed by atoms with Crippen LogP contribution in [0.25, 0.3) is 0 Å². The number of non-ortho nitro benzene ring substituents is 1. The molecule has 14 heavy (non-hydrogen) atoms. The molecule has 0 atom stereocenters. The molecule has 0 N–H and O–H groups in total. The number of rotatable bonds is 3. The molecule has 0 aromatic heterocycles. The van der Waals surface area contributed by atoms with Crippen LogP contribution in [-0.4, -0.2) is 23.3 Å². The fourth-order valence-electron chi connectivity index (χ4n) is 0.872.